The Morgan fingerprint density at radius 3 is 2.32 bits per heavy atom. The second-order valence-electron chi connectivity index (χ2n) is 11.3. The van der Waals surface area contributed by atoms with E-state index in [-0.39, 0.29) is 22.1 Å². The first-order valence-corrected chi connectivity index (χ1v) is 14.9. The van der Waals surface area contributed by atoms with Gasteiger partial charge >= 0.3 is 5.97 Å². The lowest BCUT2D eigenvalue weighted by molar-refractivity contribution is -0.150. The minimum Gasteiger partial charge on any atom is -0.507 e. The first-order chi connectivity index (χ1) is 17.9. The number of aliphatic hydroxyl groups is 1. The number of para-hydroxylation sites is 1. The van der Waals surface area contributed by atoms with Crippen molar-refractivity contribution in [2.24, 2.45) is 5.41 Å². The van der Waals surface area contributed by atoms with E-state index in [1.54, 1.807) is 24.3 Å². The molecule has 1 aliphatic heterocycles. The largest absolute Gasteiger partial charge is 0.507 e. The third-order valence-electron chi connectivity index (χ3n) is 7.19. The van der Waals surface area contributed by atoms with Crippen molar-refractivity contribution >= 4 is 26.7 Å². The Balaban J connectivity index is 1.74. The van der Waals surface area contributed by atoms with Gasteiger partial charge in [-0.3, -0.25) is 0 Å². The third-order valence-corrected chi connectivity index (χ3v) is 8.77. The molecule has 1 aliphatic rings. The summed E-state index contributed by atoms with van der Waals surface area (Å²) in [4.78, 5) is 17.7. The van der Waals surface area contributed by atoms with E-state index in [9.17, 15) is 18.3 Å². The maximum atomic E-state index is 13.3. The topological polar surface area (TPSA) is 93.6 Å². The molecule has 0 aliphatic carbocycles. The Morgan fingerprint density at radius 1 is 0.974 bits per heavy atom. The molecular weight excluding hydrogens is 498 g/mol. The van der Waals surface area contributed by atoms with Crippen LogP contribution in [0.1, 0.15) is 77.3 Å². The average Bonchev–Trinajstić information content (AvgIpc) is 3.08. The summed E-state index contributed by atoms with van der Waals surface area (Å²) >= 11 is 0. The first kappa shape index (κ1) is 27.8. The number of hydrogen-bond acceptors (Lipinski definition) is 6. The minimum absolute atomic E-state index is 0.0181. The highest BCUT2D eigenvalue weighted by atomic mass is 32.2. The van der Waals surface area contributed by atoms with E-state index in [2.05, 4.69) is 4.98 Å². The van der Waals surface area contributed by atoms with Crippen LogP contribution in [0.4, 0.5) is 0 Å². The fourth-order valence-corrected chi connectivity index (χ4v) is 6.90. The van der Waals surface area contributed by atoms with Crippen LogP contribution < -0.4 is 0 Å². The number of carbonyl (C=O) groups is 1. The van der Waals surface area contributed by atoms with Crippen LogP contribution in [-0.2, 0) is 25.1 Å². The van der Waals surface area contributed by atoms with Crippen molar-refractivity contribution in [3.63, 3.8) is 0 Å². The smallest absolute Gasteiger partial charge is 0.339 e. The van der Waals surface area contributed by atoms with E-state index in [4.69, 9.17) is 4.74 Å². The summed E-state index contributed by atoms with van der Waals surface area (Å²) in [6, 6.07) is 18.0. The van der Waals surface area contributed by atoms with E-state index in [0.717, 1.165) is 23.8 Å². The molecule has 2 heterocycles. The highest BCUT2D eigenvalue weighted by Gasteiger charge is 2.51. The van der Waals surface area contributed by atoms with Gasteiger partial charge in [0.1, 0.15) is 5.76 Å². The number of ether oxygens (including phenoxy) is 1. The summed E-state index contributed by atoms with van der Waals surface area (Å²) in [7, 11) is -3.72. The Hall–Kier alpha value is -3.19. The monoisotopic (exact) mass is 535 g/mol. The zero-order chi connectivity index (χ0) is 27.7. The number of esters is 1. The number of sulfone groups is 1. The highest BCUT2D eigenvalue weighted by Crippen LogP contribution is 2.49. The van der Waals surface area contributed by atoms with Crippen LogP contribution in [-0.4, -0.2) is 30.1 Å². The van der Waals surface area contributed by atoms with E-state index in [1.165, 1.54) is 6.07 Å². The van der Waals surface area contributed by atoms with E-state index < -0.39 is 32.7 Å². The number of nitrogens with zero attached hydrogens (tertiary/aromatic N) is 1. The van der Waals surface area contributed by atoms with Gasteiger partial charge in [0.05, 0.1) is 16.8 Å². The van der Waals surface area contributed by atoms with Crippen LogP contribution in [0.25, 0.3) is 10.9 Å². The Kier molecular flexibility index (Phi) is 7.71. The molecule has 202 valence electrons. The zero-order valence-electron chi connectivity index (χ0n) is 22.8. The molecule has 1 N–H and O–H groups in total. The van der Waals surface area contributed by atoms with Gasteiger partial charge in [-0.25, -0.2) is 18.2 Å². The normalized spacial score (nSPS) is 16.6. The molecule has 0 saturated carbocycles. The van der Waals surface area contributed by atoms with Crippen LogP contribution in [0.2, 0.25) is 0 Å². The fraction of sp³-hybridized carbons (Fsp3) is 0.419. The number of benzene rings is 2. The van der Waals surface area contributed by atoms with Gasteiger partial charge in [0.2, 0.25) is 0 Å². The van der Waals surface area contributed by atoms with E-state index in [1.807, 2.05) is 65.0 Å². The number of rotatable bonds is 9. The van der Waals surface area contributed by atoms with Crippen LogP contribution in [0.5, 0.6) is 0 Å². The van der Waals surface area contributed by atoms with E-state index in [0.29, 0.717) is 23.9 Å². The molecule has 3 aromatic rings. The predicted molar refractivity (Wildman–Crippen MR) is 150 cm³/mol. The fourth-order valence-electron chi connectivity index (χ4n) is 5.63. The zero-order valence-corrected chi connectivity index (χ0v) is 23.6. The second-order valence-corrected chi connectivity index (χ2v) is 13.2. The van der Waals surface area contributed by atoms with Crippen LogP contribution in [0, 0.1) is 5.41 Å². The number of aromatic nitrogens is 1. The molecule has 7 heteroatoms. The number of pyridine rings is 1. The molecule has 0 radical (unpaired) electrons. The van der Waals surface area contributed by atoms with Crippen LogP contribution >= 0.6 is 0 Å². The molecule has 1 aromatic heterocycles. The van der Waals surface area contributed by atoms with Gasteiger partial charge in [0.25, 0.3) is 0 Å². The molecule has 0 fully saturated rings. The second kappa shape index (κ2) is 10.5. The Bertz CT molecular complexity index is 1480. The Labute approximate surface area is 225 Å². The van der Waals surface area contributed by atoms with Gasteiger partial charge in [-0.15, -0.1) is 0 Å². The van der Waals surface area contributed by atoms with Crippen LogP contribution in [0.15, 0.2) is 77.0 Å². The van der Waals surface area contributed by atoms with Crippen molar-refractivity contribution in [2.45, 2.75) is 82.6 Å². The molecule has 0 spiro atoms. The molecule has 38 heavy (non-hydrogen) atoms. The molecule has 6 nitrogen and oxygen atoms in total. The predicted octanol–water partition coefficient (Wildman–Crippen LogP) is 7.05. The third kappa shape index (κ3) is 5.35. The summed E-state index contributed by atoms with van der Waals surface area (Å²) in [5.41, 5.74) is 0.803. The lowest BCUT2D eigenvalue weighted by Gasteiger charge is -2.31. The van der Waals surface area contributed by atoms with Crippen molar-refractivity contribution in [2.75, 3.05) is 0 Å². The number of fused-ring (bicyclic) bond motifs is 1. The molecule has 1 unspecified atom stereocenters. The van der Waals surface area contributed by atoms with Crippen molar-refractivity contribution in [3.8, 4) is 0 Å². The Morgan fingerprint density at radius 2 is 1.66 bits per heavy atom. The van der Waals surface area contributed by atoms with Gasteiger partial charge < -0.3 is 9.84 Å². The van der Waals surface area contributed by atoms with Gasteiger partial charge in [-0.05, 0) is 47.6 Å². The van der Waals surface area contributed by atoms with Gasteiger partial charge in [0, 0.05) is 11.3 Å². The number of cyclic esters (lactones) is 1. The van der Waals surface area contributed by atoms with Gasteiger partial charge in [-0.2, -0.15) is 0 Å². The number of aliphatic hydroxyl groups excluding tert-OH is 1. The molecule has 4 rings (SSSR count). The highest BCUT2D eigenvalue weighted by molar-refractivity contribution is 7.90. The van der Waals surface area contributed by atoms with Crippen molar-refractivity contribution in [1.82, 2.24) is 4.98 Å². The summed E-state index contributed by atoms with van der Waals surface area (Å²) in [6.45, 7) is 10.0. The molecule has 0 saturated heterocycles. The summed E-state index contributed by atoms with van der Waals surface area (Å²) in [5.74, 6) is -1.19. The first-order valence-electron chi connectivity index (χ1n) is 13.3. The van der Waals surface area contributed by atoms with Crippen molar-refractivity contribution < 1.29 is 23.1 Å². The van der Waals surface area contributed by atoms with Crippen molar-refractivity contribution in [1.29, 1.82) is 0 Å². The maximum absolute atomic E-state index is 13.3. The molecule has 0 bridgehead atoms. The standard InChI is InChI=1S/C31H37NO5S/c1-6-17-31(18-7-2)28(33)26(29(34)37-31)27(30(3,4)5)23-13-10-11-21(19-23)20-38(35,36)25-16-15-22-12-8-9-14-24(22)32-25/h8-16,19,27,33H,6-7,17-18,20H2,1-5H3. The number of hydrogen-bond donors (Lipinski definition) is 1. The summed E-state index contributed by atoms with van der Waals surface area (Å²) in [5, 5.41) is 12.3. The van der Waals surface area contributed by atoms with Gasteiger partial charge in [-0.1, -0.05) is 89.9 Å². The van der Waals surface area contributed by atoms with Gasteiger partial charge in [0.15, 0.2) is 20.5 Å². The van der Waals surface area contributed by atoms with Crippen LogP contribution in [0.3, 0.4) is 0 Å². The molecule has 2 aromatic carbocycles. The lowest BCUT2D eigenvalue weighted by Crippen LogP contribution is -2.31. The molecular formula is C31H37NO5S. The summed E-state index contributed by atoms with van der Waals surface area (Å²) < 4.78 is 32.5. The molecule has 0 amide bonds. The SMILES string of the molecule is CCCC1(CCC)OC(=O)C(C(c2cccc(CS(=O)(=O)c3ccc4ccccc4n3)c2)C(C)(C)C)=C1O. The average molecular weight is 536 g/mol. The lowest BCUT2D eigenvalue weighted by atomic mass is 9.71. The molecule has 1 atom stereocenters. The maximum Gasteiger partial charge on any atom is 0.339 e. The minimum atomic E-state index is -3.72. The van der Waals surface area contributed by atoms with Crippen molar-refractivity contribution in [3.05, 3.63) is 83.1 Å². The summed E-state index contributed by atoms with van der Waals surface area (Å²) in [6.07, 6.45) is 2.63. The quantitative estimate of drug-likeness (QED) is 0.295. The van der Waals surface area contributed by atoms with E-state index >= 15 is 0 Å². The number of carbonyl (C=O) groups excluding carboxylic acids is 1.